The predicted molar refractivity (Wildman–Crippen MR) is 118 cm³/mol. The van der Waals surface area contributed by atoms with Crippen molar-refractivity contribution in [1.82, 2.24) is 24.7 Å². The molecule has 0 saturated heterocycles. The van der Waals surface area contributed by atoms with Crippen LogP contribution in [0.15, 0.2) is 48.7 Å². The second-order valence-corrected chi connectivity index (χ2v) is 7.57. The lowest BCUT2D eigenvalue weighted by Gasteiger charge is -2.10. The topological polar surface area (TPSA) is 109 Å². The smallest absolute Gasteiger partial charge is 0.255 e. The summed E-state index contributed by atoms with van der Waals surface area (Å²) in [5.41, 5.74) is 13.1. The highest BCUT2D eigenvalue weighted by Crippen LogP contribution is 2.31. The van der Waals surface area contributed by atoms with Crippen LogP contribution in [0.5, 0.6) is 0 Å². The average molecular weight is 483 g/mol. The minimum absolute atomic E-state index is 0.0557. The Bertz CT molecular complexity index is 1580. The first-order valence-corrected chi connectivity index (χ1v) is 10.1. The summed E-state index contributed by atoms with van der Waals surface area (Å²) < 4.78 is 69.8. The SMILES string of the molecule is Nc1nc(-n2nc(Cc3ccc(F)c(F)c3F)c3cc(F)ccc32)nc(N)c1-c1ccc(F)nc1. The molecule has 3 heterocycles. The summed E-state index contributed by atoms with van der Waals surface area (Å²) in [6.45, 7) is 0. The molecule has 0 saturated carbocycles. The second kappa shape index (κ2) is 8.31. The number of nitrogens with two attached hydrogens (primary N) is 2. The number of nitrogen functional groups attached to an aromatic ring is 2. The van der Waals surface area contributed by atoms with Gasteiger partial charge in [-0.2, -0.15) is 24.1 Å². The monoisotopic (exact) mass is 483 g/mol. The molecular formula is C23H14F5N7. The maximum Gasteiger partial charge on any atom is 0.255 e. The van der Waals surface area contributed by atoms with E-state index in [-0.39, 0.29) is 46.2 Å². The number of halogens is 5. The molecule has 0 aliphatic rings. The summed E-state index contributed by atoms with van der Waals surface area (Å²) >= 11 is 0. The molecular weight excluding hydrogens is 469 g/mol. The van der Waals surface area contributed by atoms with Gasteiger partial charge in [0, 0.05) is 23.6 Å². The molecule has 0 amide bonds. The molecule has 35 heavy (non-hydrogen) atoms. The maximum absolute atomic E-state index is 14.3. The first-order chi connectivity index (χ1) is 16.7. The third-order valence-corrected chi connectivity index (χ3v) is 5.35. The van der Waals surface area contributed by atoms with E-state index in [0.717, 1.165) is 24.3 Å². The average Bonchev–Trinajstić information content (AvgIpc) is 3.17. The van der Waals surface area contributed by atoms with Gasteiger partial charge in [-0.3, -0.25) is 0 Å². The highest BCUT2D eigenvalue weighted by molar-refractivity contribution is 5.85. The number of rotatable bonds is 4. The van der Waals surface area contributed by atoms with Crippen LogP contribution < -0.4 is 11.5 Å². The molecule has 3 aromatic heterocycles. The van der Waals surface area contributed by atoms with Crippen molar-refractivity contribution >= 4 is 22.5 Å². The zero-order chi connectivity index (χ0) is 24.9. The van der Waals surface area contributed by atoms with Crippen LogP contribution in [0.1, 0.15) is 11.3 Å². The zero-order valence-corrected chi connectivity index (χ0v) is 17.6. The number of hydrogen-bond donors (Lipinski definition) is 2. The third-order valence-electron chi connectivity index (χ3n) is 5.35. The number of hydrogen-bond acceptors (Lipinski definition) is 6. The number of pyridine rings is 1. The lowest BCUT2D eigenvalue weighted by molar-refractivity contribution is 0.442. The Kier molecular flexibility index (Phi) is 5.27. The first kappa shape index (κ1) is 22.2. The molecule has 0 aliphatic carbocycles. The molecule has 0 fully saturated rings. The fourth-order valence-electron chi connectivity index (χ4n) is 3.72. The van der Waals surface area contributed by atoms with Crippen molar-refractivity contribution in [2.75, 3.05) is 11.5 Å². The molecule has 5 aromatic rings. The van der Waals surface area contributed by atoms with Gasteiger partial charge in [0.15, 0.2) is 17.5 Å². The van der Waals surface area contributed by atoms with Crippen LogP contribution in [0.25, 0.3) is 28.0 Å². The van der Waals surface area contributed by atoms with Crippen LogP contribution in [0.2, 0.25) is 0 Å². The summed E-state index contributed by atoms with van der Waals surface area (Å²) in [6.07, 6.45) is 0.946. The van der Waals surface area contributed by atoms with Crippen LogP contribution in [0.3, 0.4) is 0 Å². The van der Waals surface area contributed by atoms with Crippen LogP contribution in [-0.4, -0.2) is 24.7 Å². The van der Waals surface area contributed by atoms with E-state index in [4.69, 9.17) is 11.5 Å². The van der Waals surface area contributed by atoms with E-state index in [2.05, 4.69) is 20.1 Å². The van der Waals surface area contributed by atoms with E-state index in [1.54, 1.807) is 0 Å². The van der Waals surface area contributed by atoms with Crippen molar-refractivity contribution in [3.63, 3.8) is 0 Å². The van der Waals surface area contributed by atoms with Gasteiger partial charge in [-0.15, -0.1) is 0 Å². The predicted octanol–water partition coefficient (Wildman–Crippen LogP) is 4.33. The van der Waals surface area contributed by atoms with Gasteiger partial charge < -0.3 is 11.5 Å². The summed E-state index contributed by atoms with van der Waals surface area (Å²) in [6, 6.07) is 8.15. The van der Waals surface area contributed by atoms with Crippen LogP contribution in [0.4, 0.5) is 33.6 Å². The van der Waals surface area contributed by atoms with E-state index in [1.165, 1.54) is 29.1 Å². The molecule has 176 valence electrons. The molecule has 7 nitrogen and oxygen atoms in total. The van der Waals surface area contributed by atoms with Gasteiger partial charge in [0.2, 0.25) is 5.95 Å². The number of benzene rings is 2. The largest absolute Gasteiger partial charge is 0.383 e. The van der Waals surface area contributed by atoms with Crippen molar-refractivity contribution in [3.05, 3.63) is 89.1 Å². The Morgan fingerprint density at radius 2 is 1.57 bits per heavy atom. The van der Waals surface area contributed by atoms with Gasteiger partial charge in [0.1, 0.15) is 17.5 Å². The summed E-state index contributed by atoms with van der Waals surface area (Å²) in [5.74, 6) is -5.79. The summed E-state index contributed by atoms with van der Waals surface area (Å²) in [4.78, 5) is 12.0. The van der Waals surface area contributed by atoms with Crippen LogP contribution in [-0.2, 0) is 6.42 Å². The van der Waals surface area contributed by atoms with Crippen LogP contribution >= 0.6 is 0 Å². The number of fused-ring (bicyclic) bond motifs is 1. The van der Waals surface area contributed by atoms with E-state index >= 15 is 0 Å². The molecule has 0 atom stereocenters. The van der Waals surface area contributed by atoms with Crippen molar-refractivity contribution in [2.24, 2.45) is 0 Å². The molecule has 0 spiro atoms. The molecule has 0 unspecified atom stereocenters. The van der Waals surface area contributed by atoms with E-state index < -0.39 is 29.2 Å². The summed E-state index contributed by atoms with van der Waals surface area (Å²) in [5, 5.41) is 4.62. The van der Waals surface area contributed by atoms with Crippen molar-refractivity contribution in [1.29, 1.82) is 0 Å². The molecule has 0 radical (unpaired) electrons. The van der Waals surface area contributed by atoms with E-state index in [0.29, 0.717) is 11.1 Å². The van der Waals surface area contributed by atoms with Gasteiger partial charge in [-0.05, 0) is 42.0 Å². The Hall–Kier alpha value is -4.61. The normalized spacial score (nSPS) is 11.3. The minimum atomic E-state index is -1.62. The van der Waals surface area contributed by atoms with Gasteiger partial charge in [0.25, 0.3) is 5.95 Å². The fourth-order valence-corrected chi connectivity index (χ4v) is 3.72. The van der Waals surface area contributed by atoms with Gasteiger partial charge in [0.05, 0.1) is 16.8 Å². The molecule has 4 N–H and O–H groups in total. The Labute approximate surface area is 193 Å². The Morgan fingerprint density at radius 1 is 0.829 bits per heavy atom. The molecule has 5 rings (SSSR count). The minimum Gasteiger partial charge on any atom is -0.383 e. The quantitative estimate of drug-likeness (QED) is 0.224. The maximum atomic E-state index is 14.3. The van der Waals surface area contributed by atoms with Crippen molar-refractivity contribution in [2.45, 2.75) is 6.42 Å². The number of anilines is 2. The fraction of sp³-hybridized carbons (Fsp3) is 0.0435. The van der Waals surface area contributed by atoms with Crippen LogP contribution in [0, 0.1) is 29.2 Å². The third kappa shape index (κ3) is 3.88. The van der Waals surface area contributed by atoms with E-state index in [1.807, 2.05) is 0 Å². The zero-order valence-electron chi connectivity index (χ0n) is 17.6. The lowest BCUT2D eigenvalue weighted by atomic mass is 10.1. The highest BCUT2D eigenvalue weighted by atomic mass is 19.2. The highest BCUT2D eigenvalue weighted by Gasteiger charge is 2.21. The van der Waals surface area contributed by atoms with Gasteiger partial charge in [-0.1, -0.05) is 6.07 Å². The first-order valence-electron chi connectivity index (χ1n) is 10.1. The second-order valence-electron chi connectivity index (χ2n) is 7.57. The molecule has 2 aromatic carbocycles. The lowest BCUT2D eigenvalue weighted by Crippen LogP contribution is -2.10. The Balaban J connectivity index is 1.64. The Morgan fingerprint density at radius 3 is 2.26 bits per heavy atom. The van der Waals surface area contributed by atoms with Crippen molar-refractivity contribution in [3.8, 4) is 17.1 Å². The van der Waals surface area contributed by atoms with Gasteiger partial charge >= 0.3 is 0 Å². The van der Waals surface area contributed by atoms with Crippen molar-refractivity contribution < 1.29 is 22.0 Å². The number of nitrogens with zero attached hydrogens (tertiary/aromatic N) is 5. The van der Waals surface area contributed by atoms with Gasteiger partial charge in [-0.25, -0.2) is 22.5 Å². The molecule has 12 heteroatoms. The standard InChI is InChI=1S/C23H14F5N7/c24-12-3-5-16-13(8-12)15(7-10-1-4-14(25)20(28)19(10)27)34-35(16)23-32-21(29)18(22(30)33-23)11-2-6-17(26)31-9-11/h1-6,8-9H,7H2,(H4,29,30,32,33). The molecule has 0 aliphatic heterocycles. The molecule has 0 bridgehead atoms. The van der Waals surface area contributed by atoms with E-state index in [9.17, 15) is 22.0 Å². The summed E-state index contributed by atoms with van der Waals surface area (Å²) in [7, 11) is 0. The number of aromatic nitrogens is 5.